The number of carboxylic acid groups (broad SMARTS) is 2. The first kappa shape index (κ1) is 11.8. The molecule has 2 rings (SSSR count). The lowest BCUT2D eigenvalue weighted by molar-refractivity contribution is 0.0685. The molecular formula is C12H10N2O4. The minimum atomic E-state index is -1.04. The fourth-order valence-electron chi connectivity index (χ4n) is 1.63. The molecule has 0 aliphatic rings. The predicted molar refractivity (Wildman–Crippen MR) is 62.2 cm³/mol. The van der Waals surface area contributed by atoms with E-state index in [2.05, 4.69) is 5.10 Å². The van der Waals surface area contributed by atoms with E-state index in [0.717, 1.165) is 0 Å². The summed E-state index contributed by atoms with van der Waals surface area (Å²) in [6.07, 6.45) is 1.27. The normalized spacial score (nSPS) is 10.3. The van der Waals surface area contributed by atoms with Crippen molar-refractivity contribution in [3.05, 3.63) is 47.3 Å². The van der Waals surface area contributed by atoms with Crippen molar-refractivity contribution in [1.82, 2.24) is 9.78 Å². The smallest absolute Gasteiger partial charge is 0.339 e. The van der Waals surface area contributed by atoms with Gasteiger partial charge in [-0.2, -0.15) is 5.10 Å². The first-order valence-electron chi connectivity index (χ1n) is 5.12. The van der Waals surface area contributed by atoms with Crippen molar-refractivity contribution >= 4 is 11.9 Å². The molecule has 1 aromatic carbocycles. The predicted octanol–water partition coefficient (Wildman–Crippen LogP) is 1.58. The van der Waals surface area contributed by atoms with Gasteiger partial charge in [0.2, 0.25) is 0 Å². The van der Waals surface area contributed by atoms with Crippen LogP contribution in [0.15, 0.2) is 30.5 Å². The summed E-state index contributed by atoms with van der Waals surface area (Å²) in [5.41, 5.74) is 1.40. The van der Waals surface area contributed by atoms with E-state index in [1.807, 2.05) is 0 Å². The second-order valence-corrected chi connectivity index (χ2v) is 3.71. The van der Waals surface area contributed by atoms with Crippen molar-refractivity contribution in [2.24, 2.45) is 0 Å². The Balaban J connectivity index is 2.43. The number of aromatic carboxylic acids is 2. The maximum absolute atomic E-state index is 10.9. The minimum absolute atomic E-state index is 0.123. The Morgan fingerprint density at radius 2 is 1.72 bits per heavy atom. The van der Waals surface area contributed by atoms with Gasteiger partial charge >= 0.3 is 11.9 Å². The SMILES string of the molecule is Cc1c(C(=O)O)cnn1-c1ccc(C(=O)O)cc1. The second-order valence-electron chi connectivity index (χ2n) is 3.71. The molecule has 0 saturated carbocycles. The Kier molecular flexibility index (Phi) is 2.85. The number of hydrogen-bond acceptors (Lipinski definition) is 3. The monoisotopic (exact) mass is 246 g/mol. The maximum atomic E-state index is 10.9. The molecule has 0 bridgehead atoms. The average Bonchev–Trinajstić information content (AvgIpc) is 2.71. The molecular weight excluding hydrogens is 236 g/mol. The minimum Gasteiger partial charge on any atom is -0.478 e. The van der Waals surface area contributed by atoms with E-state index in [1.54, 1.807) is 19.1 Å². The van der Waals surface area contributed by atoms with Crippen LogP contribution >= 0.6 is 0 Å². The van der Waals surface area contributed by atoms with E-state index >= 15 is 0 Å². The highest BCUT2D eigenvalue weighted by Crippen LogP contribution is 2.15. The molecule has 0 fully saturated rings. The van der Waals surface area contributed by atoms with Gasteiger partial charge in [0.25, 0.3) is 0 Å². The van der Waals surface area contributed by atoms with E-state index in [-0.39, 0.29) is 11.1 Å². The quantitative estimate of drug-likeness (QED) is 0.857. The molecule has 0 aliphatic carbocycles. The van der Waals surface area contributed by atoms with Gasteiger partial charge in [-0.15, -0.1) is 0 Å². The summed E-state index contributed by atoms with van der Waals surface area (Å²) in [6.45, 7) is 1.64. The lowest BCUT2D eigenvalue weighted by Gasteiger charge is -2.04. The number of rotatable bonds is 3. The lowest BCUT2D eigenvalue weighted by atomic mass is 10.2. The molecule has 0 unspecified atom stereocenters. The highest BCUT2D eigenvalue weighted by molar-refractivity contribution is 5.89. The van der Waals surface area contributed by atoms with E-state index < -0.39 is 11.9 Å². The Labute approximate surface area is 102 Å². The fourth-order valence-corrected chi connectivity index (χ4v) is 1.63. The highest BCUT2D eigenvalue weighted by atomic mass is 16.4. The van der Waals surface area contributed by atoms with Crippen LogP contribution in [0.5, 0.6) is 0 Å². The summed E-state index contributed by atoms with van der Waals surface area (Å²) in [7, 11) is 0. The van der Waals surface area contributed by atoms with Crippen LogP contribution in [0.1, 0.15) is 26.4 Å². The third kappa shape index (κ3) is 1.95. The summed E-state index contributed by atoms with van der Waals surface area (Å²) >= 11 is 0. The first-order chi connectivity index (χ1) is 8.50. The molecule has 0 amide bonds. The molecule has 2 aromatic rings. The molecule has 0 saturated heterocycles. The maximum Gasteiger partial charge on any atom is 0.339 e. The van der Waals surface area contributed by atoms with Gasteiger partial charge in [0.1, 0.15) is 5.56 Å². The van der Waals surface area contributed by atoms with Gasteiger partial charge in [-0.1, -0.05) is 0 Å². The molecule has 0 spiro atoms. The molecule has 2 N–H and O–H groups in total. The molecule has 6 nitrogen and oxygen atoms in total. The Morgan fingerprint density at radius 1 is 1.11 bits per heavy atom. The number of benzene rings is 1. The average molecular weight is 246 g/mol. The number of carbonyl (C=O) groups is 2. The van der Waals surface area contributed by atoms with E-state index in [0.29, 0.717) is 11.4 Å². The van der Waals surface area contributed by atoms with Crippen LogP contribution in [0.2, 0.25) is 0 Å². The summed E-state index contributed by atoms with van der Waals surface area (Å²) in [5, 5.41) is 21.7. The number of nitrogens with zero attached hydrogens (tertiary/aromatic N) is 2. The van der Waals surface area contributed by atoms with E-state index in [1.165, 1.54) is 23.0 Å². The number of carboxylic acids is 2. The van der Waals surface area contributed by atoms with Gasteiger partial charge in [0, 0.05) is 0 Å². The highest BCUT2D eigenvalue weighted by Gasteiger charge is 2.13. The Morgan fingerprint density at radius 3 is 2.17 bits per heavy atom. The zero-order valence-electron chi connectivity index (χ0n) is 9.49. The molecule has 1 aromatic heterocycles. The summed E-state index contributed by atoms with van der Waals surface area (Å²) < 4.78 is 1.45. The molecule has 92 valence electrons. The lowest BCUT2D eigenvalue weighted by Crippen LogP contribution is -2.03. The molecule has 6 heteroatoms. The van der Waals surface area contributed by atoms with E-state index in [9.17, 15) is 9.59 Å². The van der Waals surface area contributed by atoms with Crippen molar-refractivity contribution in [1.29, 1.82) is 0 Å². The van der Waals surface area contributed by atoms with Gasteiger partial charge < -0.3 is 10.2 Å². The third-order valence-corrected chi connectivity index (χ3v) is 2.60. The standard InChI is InChI=1S/C12H10N2O4/c1-7-10(12(17)18)6-13-14(7)9-4-2-8(3-5-9)11(15)16/h2-6H,1H3,(H,15,16)(H,17,18). The van der Waals surface area contributed by atoms with Crippen LogP contribution in [-0.2, 0) is 0 Å². The van der Waals surface area contributed by atoms with Gasteiger partial charge in [-0.05, 0) is 31.2 Å². The summed E-state index contributed by atoms with van der Waals surface area (Å²) in [5.74, 6) is -2.05. The molecule has 0 radical (unpaired) electrons. The first-order valence-corrected chi connectivity index (χ1v) is 5.12. The molecule has 18 heavy (non-hydrogen) atoms. The Hall–Kier alpha value is -2.63. The van der Waals surface area contributed by atoms with Crippen LogP contribution in [0.25, 0.3) is 5.69 Å². The molecule has 1 heterocycles. The van der Waals surface area contributed by atoms with Crippen molar-refractivity contribution < 1.29 is 19.8 Å². The summed E-state index contributed by atoms with van der Waals surface area (Å²) in [4.78, 5) is 21.6. The van der Waals surface area contributed by atoms with Crippen LogP contribution in [0, 0.1) is 6.92 Å². The fraction of sp³-hybridized carbons (Fsp3) is 0.0833. The zero-order chi connectivity index (χ0) is 13.3. The Bertz CT molecular complexity index is 614. The third-order valence-electron chi connectivity index (χ3n) is 2.60. The van der Waals surface area contributed by atoms with Crippen LogP contribution in [0.3, 0.4) is 0 Å². The number of hydrogen-bond donors (Lipinski definition) is 2. The van der Waals surface area contributed by atoms with E-state index in [4.69, 9.17) is 10.2 Å². The van der Waals surface area contributed by atoms with Crippen LogP contribution in [-0.4, -0.2) is 31.9 Å². The topological polar surface area (TPSA) is 92.4 Å². The van der Waals surface area contributed by atoms with Crippen LogP contribution in [0.4, 0.5) is 0 Å². The van der Waals surface area contributed by atoms with Crippen LogP contribution < -0.4 is 0 Å². The van der Waals surface area contributed by atoms with Gasteiger partial charge in [0.05, 0.1) is 23.1 Å². The molecule has 0 atom stereocenters. The van der Waals surface area contributed by atoms with Gasteiger partial charge in [0.15, 0.2) is 0 Å². The number of aromatic nitrogens is 2. The zero-order valence-corrected chi connectivity index (χ0v) is 9.49. The van der Waals surface area contributed by atoms with Crippen molar-refractivity contribution in [2.45, 2.75) is 6.92 Å². The van der Waals surface area contributed by atoms with Crippen molar-refractivity contribution in [3.63, 3.8) is 0 Å². The van der Waals surface area contributed by atoms with Crippen molar-refractivity contribution in [2.75, 3.05) is 0 Å². The van der Waals surface area contributed by atoms with Crippen molar-refractivity contribution in [3.8, 4) is 5.69 Å². The van der Waals surface area contributed by atoms with Gasteiger partial charge in [-0.25, -0.2) is 14.3 Å². The van der Waals surface area contributed by atoms with Gasteiger partial charge in [-0.3, -0.25) is 0 Å². The second kappa shape index (κ2) is 4.33. The molecule has 0 aliphatic heterocycles. The largest absolute Gasteiger partial charge is 0.478 e. The summed E-state index contributed by atoms with van der Waals surface area (Å²) in [6, 6.07) is 6.04.